The molecule has 2 aliphatic heterocycles. The van der Waals surface area contributed by atoms with Crippen molar-refractivity contribution in [3.8, 4) is 10.4 Å². The Morgan fingerprint density at radius 3 is 2.37 bits per heavy atom. The zero-order valence-electron chi connectivity index (χ0n) is 40.7. The molecule has 0 spiro atoms. The van der Waals surface area contributed by atoms with Crippen LogP contribution < -0.4 is 25.8 Å². The Bertz CT molecular complexity index is 2700. The number of aromatic nitrogens is 3. The van der Waals surface area contributed by atoms with E-state index in [1.807, 2.05) is 88.7 Å². The summed E-state index contributed by atoms with van der Waals surface area (Å²) < 4.78 is 5.72. The van der Waals surface area contributed by atoms with Gasteiger partial charge in [-0.15, -0.1) is 11.3 Å². The summed E-state index contributed by atoms with van der Waals surface area (Å²) in [4.78, 5) is 87.9. The summed E-state index contributed by atoms with van der Waals surface area (Å²) in [6, 6.07) is 21.5. The number of ketones is 1. The number of aryl methyl sites for hydroxylation is 1. The van der Waals surface area contributed by atoms with Gasteiger partial charge < -0.3 is 40.5 Å². The van der Waals surface area contributed by atoms with Gasteiger partial charge in [0.05, 0.1) is 58.9 Å². The highest BCUT2D eigenvalue weighted by Crippen LogP contribution is 2.44. The number of nitrogens with zero attached hydrogens (tertiary/aromatic N) is 6. The fourth-order valence-corrected chi connectivity index (χ4v) is 10.4. The second kappa shape index (κ2) is 21.6. The molecule has 0 radical (unpaired) electrons. The number of nitrogens with one attached hydrogen (secondary N) is 3. The van der Waals surface area contributed by atoms with Crippen molar-refractivity contribution in [2.24, 2.45) is 11.3 Å². The fourth-order valence-electron chi connectivity index (χ4n) is 9.60. The van der Waals surface area contributed by atoms with Gasteiger partial charge in [-0.3, -0.25) is 24.0 Å². The van der Waals surface area contributed by atoms with Crippen LogP contribution in [0, 0.1) is 18.3 Å². The summed E-state index contributed by atoms with van der Waals surface area (Å²) in [5.74, 6) is -0.952. The largest absolute Gasteiger partial charge is 0.391 e. The minimum Gasteiger partial charge on any atom is -0.391 e. The number of ether oxygens (including phenoxy) is 1. The smallest absolute Gasteiger partial charge is 0.260 e. The second-order valence-corrected chi connectivity index (χ2v) is 20.4. The Hall–Kier alpha value is -6.56. The number of likely N-dealkylation sites (tertiary alicyclic amines) is 1. The number of rotatable bonds is 17. The van der Waals surface area contributed by atoms with Crippen LogP contribution in [0.4, 0.5) is 28.8 Å². The molecule has 1 aliphatic carbocycles. The van der Waals surface area contributed by atoms with Gasteiger partial charge in [-0.25, -0.2) is 9.97 Å². The Morgan fingerprint density at radius 1 is 0.943 bits per heavy atom. The number of para-hydroxylation sites is 1. The van der Waals surface area contributed by atoms with Crippen LogP contribution in [0.3, 0.4) is 0 Å². The highest BCUT2D eigenvalue weighted by molar-refractivity contribution is 7.13. The molecule has 2 fully saturated rings. The fraction of sp³-hybridized carbons (Fsp3) is 0.434. The topological polar surface area (TPSA) is 199 Å². The predicted octanol–water partition coefficient (Wildman–Crippen LogP) is 7.92. The molecule has 2 aromatic heterocycles. The van der Waals surface area contributed by atoms with Crippen molar-refractivity contribution >= 4 is 69.6 Å². The Morgan fingerprint density at radius 2 is 1.67 bits per heavy atom. The van der Waals surface area contributed by atoms with Crippen molar-refractivity contribution in [2.45, 2.75) is 104 Å². The van der Waals surface area contributed by atoms with E-state index >= 15 is 0 Å². The molecule has 4 amide bonds. The predicted molar refractivity (Wildman–Crippen MR) is 271 cm³/mol. The van der Waals surface area contributed by atoms with Crippen molar-refractivity contribution in [1.82, 2.24) is 30.5 Å². The van der Waals surface area contributed by atoms with Gasteiger partial charge in [-0.1, -0.05) is 70.0 Å². The van der Waals surface area contributed by atoms with E-state index < -0.39 is 23.5 Å². The normalized spacial score (nSPS) is 17.9. The molecule has 17 heteroatoms. The van der Waals surface area contributed by atoms with E-state index in [4.69, 9.17) is 9.72 Å². The van der Waals surface area contributed by atoms with Crippen LogP contribution in [0.5, 0.6) is 0 Å². The lowest BCUT2D eigenvalue weighted by Gasteiger charge is -2.35. The molecular formula is C53H63N9O7S. The van der Waals surface area contributed by atoms with Gasteiger partial charge in [0.1, 0.15) is 17.5 Å². The third-order valence-electron chi connectivity index (χ3n) is 13.6. The van der Waals surface area contributed by atoms with Crippen LogP contribution in [0.15, 0.2) is 84.5 Å². The van der Waals surface area contributed by atoms with E-state index in [-0.39, 0.29) is 87.1 Å². The summed E-state index contributed by atoms with van der Waals surface area (Å²) in [5.41, 5.74) is 7.34. The van der Waals surface area contributed by atoms with Crippen molar-refractivity contribution in [3.63, 3.8) is 0 Å². The molecule has 5 aromatic rings. The lowest BCUT2D eigenvalue weighted by molar-refractivity contribution is -0.146. The van der Waals surface area contributed by atoms with Gasteiger partial charge in [-0.05, 0) is 79.6 Å². The van der Waals surface area contributed by atoms with Gasteiger partial charge in [0, 0.05) is 62.6 Å². The third kappa shape index (κ3) is 11.2. The maximum atomic E-state index is 14.2. The minimum atomic E-state index is -0.874. The summed E-state index contributed by atoms with van der Waals surface area (Å²) >= 11 is 1.57. The lowest BCUT2D eigenvalue weighted by atomic mass is 9.76. The maximum absolute atomic E-state index is 14.2. The summed E-state index contributed by atoms with van der Waals surface area (Å²) in [6.45, 7) is 10.0. The van der Waals surface area contributed by atoms with E-state index in [2.05, 4.69) is 30.8 Å². The number of aliphatic hydroxyl groups is 1. The molecule has 1 saturated heterocycles. The highest BCUT2D eigenvalue weighted by Gasteiger charge is 2.45. The third-order valence-corrected chi connectivity index (χ3v) is 14.6. The maximum Gasteiger partial charge on any atom is 0.260 e. The standard InChI is InChI=1S/C53H63N9O7S/c1-32(34-15-17-35(18-16-34)46-33(2)56-31-70-46)57-49(66)44-28-40(64)30-61(44)51(68)42(53(3,4)5)27-39(63)23-25-69-26-24-54-48(65)36-19-21-37(22-20-36)58-52-55-29-45-47(59-52)62(38-11-7-8-12-38)43-14-10-9-13-41(43)50(67)60(45)6/h9-10,13-22,29,31-32,38,40,42,44,64H,7-8,11-12,23-28,30H2,1-6H3,(H,54,65)(H,57,66)(H,55,58,59)/t32-,40+,42+,44-/m0/s1. The molecule has 3 aromatic carbocycles. The molecule has 4 atom stereocenters. The molecule has 368 valence electrons. The highest BCUT2D eigenvalue weighted by atomic mass is 32.1. The number of anilines is 5. The molecule has 4 heterocycles. The van der Waals surface area contributed by atoms with Crippen LogP contribution >= 0.6 is 11.3 Å². The first kappa shape index (κ1) is 49.8. The molecule has 16 nitrogen and oxygen atoms in total. The Balaban J connectivity index is 0.790. The quantitative estimate of drug-likeness (QED) is 0.0658. The van der Waals surface area contributed by atoms with Crippen LogP contribution in [0.1, 0.15) is 111 Å². The first-order valence-electron chi connectivity index (χ1n) is 24.1. The second-order valence-electron chi connectivity index (χ2n) is 19.6. The number of hydrogen-bond acceptors (Lipinski definition) is 13. The molecule has 1 saturated carbocycles. The Labute approximate surface area is 413 Å². The monoisotopic (exact) mass is 969 g/mol. The number of Topliss-reactive ketones (excluding diaryl/α,β-unsaturated/α-hetero) is 1. The zero-order chi connectivity index (χ0) is 49.7. The van der Waals surface area contributed by atoms with Crippen LogP contribution in [0.2, 0.25) is 0 Å². The molecule has 0 unspecified atom stereocenters. The first-order chi connectivity index (χ1) is 33.6. The zero-order valence-corrected chi connectivity index (χ0v) is 41.6. The number of β-amino-alcohol motifs (C(OH)–C–C–N with tert-alkyl or cyclic N) is 1. The number of carbonyl (C=O) groups excluding carboxylic acids is 5. The van der Waals surface area contributed by atoms with Crippen LogP contribution in [-0.4, -0.2) is 106 Å². The molecule has 0 bridgehead atoms. The molecule has 4 N–H and O–H groups in total. The Kier molecular flexibility index (Phi) is 15.4. The van der Waals surface area contributed by atoms with Gasteiger partial charge in [0.15, 0.2) is 5.82 Å². The number of fused-ring (bicyclic) bond motifs is 2. The number of benzene rings is 3. The summed E-state index contributed by atoms with van der Waals surface area (Å²) in [6.07, 6.45) is 5.17. The number of hydrogen-bond donors (Lipinski definition) is 4. The molecule has 3 aliphatic rings. The lowest BCUT2D eigenvalue weighted by Crippen LogP contribution is -2.50. The van der Waals surface area contributed by atoms with E-state index in [1.54, 1.807) is 53.7 Å². The van der Waals surface area contributed by atoms with E-state index in [9.17, 15) is 29.1 Å². The SMILES string of the molecule is Cc1ncsc1-c1ccc([C@H](C)NC(=O)[C@@H]2C[C@@H](O)CN2C(=O)[C@@H](CC(=O)CCOCCNC(=O)c2ccc(Nc3ncc4c(n3)N(C3CCCC3)c3ccccc3C(=O)N4C)cc2)C(C)(C)C)cc1. The van der Waals surface area contributed by atoms with Gasteiger partial charge >= 0.3 is 0 Å². The van der Waals surface area contributed by atoms with Crippen LogP contribution in [-0.2, 0) is 19.1 Å². The number of thiazole rings is 1. The molecule has 70 heavy (non-hydrogen) atoms. The average molecular weight is 970 g/mol. The first-order valence-corrected chi connectivity index (χ1v) is 25.0. The summed E-state index contributed by atoms with van der Waals surface area (Å²) in [5, 5.41) is 19.8. The molecular weight excluding hydrogens is 907 g/mol. The van der Waals surface area contributed by atoms with Gasteiger partial charge in [0.25, 0.3) is 11.8 Å². The van der Waals surface area contributed by atoms with Crippen molar-refractivity contribution in [3.05, 3.63) is 107 Å². The summed E-state index contributed by atoms with van der Waals surface area (Å²) in [7, 11) is 1.75. The van der Waals surface area contributed by atoms with Gasteiger partial charge in [0.2, 0.25) is 17.8 Å². The van der Waals surface area contributed by atoms with Crippen molar-refractivity contribution in [2.75, 3.05) is 48.5 Å². The van der Waals surface area contributed by atoms with Crippen molar-refractivity contribution < 1.29 is 33.8 Å². The number of carbonyl (C=O) groups is 5. The van der Waals surface area contributed by atoms with E-state index in [1.165, 1.54) is 4.90 Å². The van der Waals surface area contributed by atoms with Crippen molar-refractivity contribution in [1.29, 1.82) is 0 Å². The minimum absolute atomic E-state index is 0.00732. The number of amides is 4. The average Bonchev–Trinajstić information content (AvgIpc) is 4.12. The number of aliphatic hydroxyl groups excluding tert-OH is 1. The van der Waals surface area contributed by atoms with E-state index in [0.29, 0.717) is 34.3 Å². The van der Waals surface area contributed by atoms with Gasteiger partial charge in [-0.2, -0.15) is 4.98 Å². The van der Waals surface area contributed by atoms with Crippen LogP contribution in [0.25, 0.3) is 10.4 Å². The molecule has 8 rings (SSSR count). The van der Waals surface area contributed by atoms with E-state index in [0.717, 1.165) is 53.1 Å².